The molecule has 7 nitrogen and oxygen atoms in total. The summed E-state index contributed by atoms with van der Waals surface area (Å²) in [4.78, 5) is 43.7. The van der Waals surface area contributed by atoms with Crippen LogP contribution in [0.3, 0.4) is 0 Å². The second kappa shape index (κ2) is 7.56. The highest BCUT2D eigenvalue weighted by Crippen LogP contribution is 2.34. The van der Waals surface area contributed by atoms with Crippen LogP contribution < -0.4 is 5.48 Å². The normalized spacial score (nSPS) is 15.6. The third-order valence-electron chi connectivity index (χ3n) is 4.67. The number of benzene rings is 2. The van der Waals surface area contributed by atoms with Gasteiger partial charge in [0.05, 0.1) is 16.8 Å². The molecule has 4 rings (SSSR count). The van der Waals surface area contributed by atoms with Gasteiger partial charge in [-0.05, 0) is 30.5 Å². The molecule has 2 aromatic rings. The monoisotopic (exact) mass is 378 g/mol. The summed E-state index contributed by atoms with van der Waals surface area (Å²) >= 11 is 0. The minimum absolute atomic E-state index is 0.111. The molecule has 3 amide bonds. The summed E-state index contributed by atoms with van der Waals surface area (Å²) < 4.78 is 5.10. The van der Waals surface area contributed by atoms with E-state index in [4.69, 9.17) is 9.57 Å². The molecule has 1 aliphatic heterocycles. The van der Waals surface area contributed by atoms with Crippen molar-refractivity contribution in [2.24, 2.45) is 0 Å². The highest BCUT2D eigenvalue weighted by atomic mass is 16.7. The van der Waals surface area contributed by atoms with Crippen molar-refractivity contribution in [3.63, 3.8) is 0 Å². The summed E-state index contributed by atoms with van der Waals surface area (Å²) in [6, 6.07) is 16.0. The molecule has 0 spiro atoms. The molecule has 2 aliphatic rings. The zero-order chi connectivity index (χ0) is 19.5. The second-order valence-corrected chi connectivity index (χ2v) is 6.48. The van der Waals surface area contributed by atoms with Gasteiger partial charge in [0, 0.05) is 6.42 Å². The molecule has 1 aliphatic carbocycles. The van der Waals surface area contributed by atoms with Crippen molar-refractivity contribution >= 4 is 17.9 Å². The summed E-state index contributed by atoms with van der Waals surface area (Å²) in [7, 11) is 0. The topological polar surface area (TPSA) is 84.9 Å². The van der Waals surface area contributed by atoms with Crippen LogP contribution in [0.15, 0.2) is 66.1 Å². The number of carbonyl (C=O) groups is 3. The number of imide groups is 1. The molecule has 0 fully saturated rings. The number of nitrogens with one attached hydrogen (secondary N) is 1. The average Bonchev–Trinajstić information content (AvgIpc) is 3.28. The highest BCUT2D eigenvalue weighted by Gasteiger charge is 2.40. The summed E-state index contributed by atoms with van der Waals surface area (Å²) in [6.45, 7) is 0.111. The standard InChI is InChI=1S/C21H18N2O5/c24-19-15-9-4-5-10-16(15)20(25)23(19)17-11-6-12-18(17)28-22-21(26)27-13-14-7-2-1-3-8-14/h1-5,7-10H,6,11-13H2,(H,22,26). The van der Waals surface area contributed by atoms with Crippen LogP contribution in [0.25, 0.3) is 0 Å². The smallest absolute Gasteiger partial charge is 0.440 e. The van der Waals surface area contributed by atoms with Gasteiger partial charge in [-0.3, -0.25) is 9.59 Å². The van der Waals surface area contributed by atoms with E-state index in [1.807, 2.05) is 30.3 Å². The van der Waals surface area contributed by atoms with Crippen molar-refractivity contribution in [2.45, 2.75) is 25.9 Å². The van der Waals surface area contributed by atoms with Crippen LogP contribution in [0.1, 0.15) is 45.5 Å². The Morgan fingerprint density at radius 3 is 2.25 bits per heavy atom. The van der Waals surface area contributed by atoms with Crippen LogP contribution in [-0.4, -0.2) is 22.8 Å². The van der Waals surface area contributed by atoms with Gasteiger partial charge in [0.1, 0.15) is 6.61 Å². The molecule has 0 aromatic heterocycles. The number of amides is 3. The fraction of sp³-hybridized carbons (Fsp3) is 0.190. The molecular weight excluding hydrogens is 360 g/mol. The molecule has 0 radical (unpaired) electrons. The third kappa shape index (κ3) is 3.34. The van der Waals surface area contributed by atoms with Crippen LogP contribution >= 0.6 is 0 Å². The van der Waals surface area contributed by atoms with Gasteiger partial charge in [-0.25, -0.2) is 9.69 Å². The number of rotatable bonds is 5. The third-order valence-corrected chi connectivity index (χ3v) is 4.67. The number of nitrogens with zero attached hydrogens (tertiary/aromatic N) is 1. The number of hydroxylamine groups is 1. The van der Waals surface area contributed by atoms with Gasteiger partial charge in [-0.2, -0.15) is 5.48 Å². The van der Waals surface area contributed by atoms with E-state index in [0.717, 1.165) is 16.9 Å². The van der Waals surface area contributed by atoms with E-state index < -0.39 is 6.09 Å². The van der Waals surface area contributed by atoms with Crippen molar-refractivity contribution in [2.75, 3.05) is 0 Å². The van der Waals surface area contributed by atoms with Crippen molar-refractivity contribution in [3.8, 4) is 0 Å². The molecule has 0 unspecified atom stereocenters. The Bertz CT molecular complexity index is 933. The minimum Gasteiger partial charge on any atom is -0.443 e. The van der Waals surface area contributed by atoms with Gasteiger partial charge in [-0.1, -0.05) is 42.5 Å². The first-order valence-corrected chi connectivity index (χ1v) is 8.98. The Morgan fingerprint density at radius 2 is 1.57 bits per heavy atom. The van der Waals surface area contributed by atoms with E-state index in [1.165, 1.54) is 0 Å². The SMILES string of the molecule is O=C(NOC1=C(N2C(=O)c3ccccc3C2=O)CCC1)OCc1ccccc1. The van der Waals surface area contributed by atoms with Crippen molar-refractivity contribution in [1.82, 2.24) is 10.4 Å². The molecular formula is C21H18N2O5. The Hall–Kier alpha value is -3.61. The van der Waals surface area contributed by atoms with Crippen LogP contribution in [0.5, 0.6) is 0 Å². The average molecular weight is 378 g/mol. The Labute approximate surface area is 161 Å². The van der Waals surface area contributed by atoms with Crippen LogP contribution in [-0.2, 0) is 16.2 Å². The first-order valence-electron chi connectivity index (χ1n) is 8.98. The van der Waals surface area contributed by atoms with E-state index >= 15 is 0 Å². The van der Waals surface area contributed by atoms with Crippen LogP contribution in [0.2, 0.25) is 0 Å². The van der Waals surface area contributed by atoms with Gasteiger partial charge in [-0.15, -0.1) is 0 Å². The second-order valence-electron chi connectivity index (χ2n) is 6.48. The first kappa shape index (κ1) is 17.8. The van der Waals surface area contributed by atoms with E-state index in [9.17, 15) is 14.4 Å². The largest absolute Gasteiger partial charge is 0.443 e. The maximum atomic E-state index is 12.6. The van der Waals surface area contributed by atoms with Crippen molar-refractivity contribution < 1.29 is 24.0 Å². The van der Waals surface area contributed by atoms with Crippen LogP contribution in [0, 0.1) is 0 Å². The molecule has 2 aromatic carbocycles. The lowest BCUT2D eigenvalue weighted by Crippen LogP contribution is -2.31. The maximum absolute atomic E-state index is 12.6. The molecule has 0 saturated heterocycles. The number of hydrogen-bond acceptors (Lipinski definition) is 5. The van der Waals surface area contributed by atoms with Crippen molar-refractivity contribution in [1.29, 1.82) is 0 Å². The summed E-state index contributed by atoms with van der Waals surface area (Å²) in [5.74, 6) is -0.346. The molecule has 142 valence electrons. The van der Waals surface area contributed by atoms with E-state index in [2.05, 4.69) is 5.48 Å². The van der Waals surface area contributed by atoms with E-state index in [0.29, 0.717) is 35.4 Å². The number of carbonyl (C=O) groups excluding carboxylic acids is 3. The highest BCUT2D eigenvalue weighted by molar-refractivity contribution is 6.22. The quantitative estimate of drug-likeness (QED) is 0.635. The number of hydrogen-bond donors (Lipinski definition) is 1. The number of fused-ring (bicyclic) bond motifs is 1. The lowest BCUT2D eigenvalue weighted by atomic mass is 10.1. The minimum atomic E-state index is -0.745. The molecule has 0 saturated carbocycles. The Morgan fingerprint density at radius 1 is 0.929 bits per heavy atom. The molecule has 0 bridgehead atoms. The Kier molecular flexibility index (Phi) is 4.80. The fourth-order valence-corrected chi connectivity index (χ4v) is 3.34. The number of allylic oxidation sites excluding steroid dienone is 2. The van der Waals surface area contributed by atoms with Gasteiger partial charge >= 0.3 is 6.09 Å². The van der Waals surface area contributed by atoms with Gasteiger partial charge in [0.25, 0.3) is 11.8 Å². The molecule has 7 heteroatoms. The molecule has 28 heavy (non-hydrogen) atoms. The van der Waals surface area contributed by atoms with Crippen LogP contribution in [0.4, 0.5) is 4.79 Å². The van der Waals surface area contributed by atoms with Gasteiger partial charge in [0.15, 0.2) is 5.76 Å². The molecule has 0 atom stereocenters. The summed E-state index contributed by atoms with van der Waals surface area (Å²) in [6.07, 6.45) is 1.01. The van der Waals surface area contributed by atoms with E-state index in [1.54, 1.807) is 24.3 Å². The summed E-state index contributed by atoms with van der Waals surface area (Å²) in [5.41, 5.74) is 4.32. The molecule has 1 N–H and O–H groups in total. The van der Waals surface area contributed by atoms with Crippen molar-refractivity contribution in [3.05, 3.63) is 82.7 Å². The summed E-state index contributed by atoms with van der Waals surface area (Å²) in [5, 5.41) is 0. The lowest BCUT2D eigenvalue weighted by Gasteiger charge is -2.17. The zero-order valence-corrected chi connectivity index (χ0v) is 15.0. The first-order chi connectivity index (χ1) is 13.6. The Balaban J connectivity index is 1.42. The predicted molar refractivity (Wildman–Crippen MR) is 98.7 cm³/mol. The lowest BCUT2D eigenvalue weighted by molar-refractivity contribution is 0.0548. The van der Waals surface area contributed by atoms with Gasteiger partial charge in [0.2, 0.25) is 0 Å². The maximum Gasteiger partial charge on any atom is 0.440 e. The fourth-order valence-electron chi connectivity index (χ4n) is 3.34. The molecule has 1 heterocycles. The van der Waals surface area contributed by atoms with Gasteiger partial charge < -0.3 is 9.57 Å². The van der Waals surface area contributed by atoms with E-state index in [-0.39, 0.29) is 18.4 Å². The zero-order valence-electron chi connectivity index (χ0n) is 15.0. The number of ether oxygens (including phenoxy) is 1. The predicted octanol–water partition coefficient (Wildman–Crippen LogP) is 3.54.